The topological polar surface area (TPSA) is 26.3 Å². The van der Waals surface area contributed by atoms with Gasteiger partial charge in [-0.3, -0.25) is 4.79 Å². The Balaban J connectivity index is 2.30. The number of esters is 1. The van der Waals surface area contributed by atoms with Crippen molar-refractivity contribution in [1.82, 2.24) is 0 Å². The molecule has 0 aliphatic heterocycles. The molecule has 1 rings (SSSR count). The Bertz CT molecular complexity index is 217. The fraction of sp³-hybridized carbons (Fsp3) is 0.571. The van der Waals surface area contributed by atoms with E-state index in [2.05, 4.69) is 10.7 Å². The molecule has 0 spiro atoms. The average Bonchev–Trinajstić information content (AvgIpc) is 2.55. The van der Waals surface area contributed by atoms with E-state index in [4.69, 9.17) is 29.6 Å². The Morgan fingerprint density at radius 3 is 2.73 bits per heavy atom. The Morgan fingerprint density at radius 2 is 2.36 bits per heavy atom. The highest BCUT2D eigenvalue weighted by Crippen LogP contribution is 2.53. The Kier molecular flexibility index (Phi) is 2.31. The summed E-state index contributed by atoms with van der Waals surface area (Å²) in [6.45, 7) is -0.0147. The standard InChI is InChI=1S/C7H6Cl2O2/c1-2-3-11-6(10)5-4-7(5,8)9/h1,5H,3-4H2. The predicted octanol–water partition coefficient (Wildman–Crippen LogP) is 1.36. The maximum Gasteiger partial charge on any atom is 0.313 e. The number of hydrogen-bond donors (Lipinski definition) is 0. The lowest BCUT2D eigenvalue weighted by molar-refractivity contribution is -0.143. The van der Waals surface area contributed by atoms with Gasteiger partial charge in [-0.05, 0) is 6.42 Å². The van der Waals surface area contributed by atoms with Crippen LogP contribution in [0.3, 0.4) is 0 Å². The first kappa shape index (κ1) is 8.70. The highest BCUT2D eigenvalue weighted by Gasteiger charge is 2.57. The molecule has 0 N–H and O–H groups in total. The van der Waals surface area contributed by atoms with E-state index in [1.165, 1.54) is 0 Å². The van der Waals surface area contributed by atoms with Gasteiger partial charge in [-0.15, -0.1) is 29.6 Å². The van der Waals surface area contributed by atoms with E-state index >= 15 is 0 Å². The first-order valence-corrected chi connectivity index (χ1v) is 3.81. The van der Waals surface area contributed by atoms with Crippen LogP contribution in [0.25, 0.3) is 0 Å². The fourth-order valence-electron chi connectivity index (χ4n) is 0.682. The number of carbonyl (C=O) groups is 1. The lowest BCUT2D eigenvalue weighted by atomic mass is 10.4. The Labute approximate surface area is 74.8 Å². The lowest BCUT2D eigenvalue weighted by Gasteiger charge is -1.98. The molecule has 1 aliphatic rings. The van der Waals surface area contributed by atoms with Gasteiger partial charge in [0.05, 0.1) is 5.92 Å². The molecular weight excluding hydrogens is 187 g/mol. The molecule has 0 aromatic rings. The maximum atomic E-state index is 10.9. The van der Waals surface area contributed by atoms with Gasteiger partial charge in [0, 0.05) is 0 Å². The minimum absolute atomic E-state index is 0.0147. The summed E-state index contributed by atoms with van der Waals surface area (Å²) in [6, 6.07) is 0. The van der Waals surface area contributed by atoms with Crippen LogP contribution in [0.4, 0.5) is 0 Å². The number of alkyl halides is 2. The van der Waals surface area contributed by atoms with Crippen LogP contribution in [-0.4, -0.2) is 16.9 Å². The van der Waals surface area contributed by atoms with Crippen molar-refractivity contribution < 1.29 is 9.53 Å². The first-order valence-electron chi connectivity index (χ1n) is 3.06. The SMILES string of the molecule is C#CCOC(=O)C1CC1(Cl)Cl. The molecule has 1 unspecified atom stereocenters. The van der Waals surface area contributed by atoms with E-state index in [0.717, 1.165) is 0 Å². The molecule has 1 atom stereocenters. The second-order valence-corrected chi connectivity index (χ2v) is 3.87. The fourth-order valence-corrected chi connectivity index (χ4v) is 1.17. The molecule has 1 saturated carbocycles. The van der Waals surface area contributed by atoms with Gasteiger partial charge >= 0.3 is 5.97 Å². The maximum absolute atomic E-state index is 10.9. The zero-order valence-electron chi connectivity index (χ0n) is 5.64. The molecule has 2 nitrogen and oxygen atoms in total. The van der Waals surface area contributed by atoms with Gasteiger partial charge in [0.1, 0.15) is 4.33 Å². The van der Waals surface area contributed by atoms with Gasteiger partial charge in [-0.2, -0.15) is 0 Å². The number of carbonyl (C=O) groups excluding carboxylic acids is 1. The highest BCUT2D eigenvalue weighted by atomic mass is 35.5. The zero-order valence-corrected chi connectivity index (χ0v) is 7.15. The van der Waals surface area contributed by atoms with Crippen molar-refractivity contribution in [2.45, 2.75) is 10.8 Å². The molecule has 0 aromatic carbocycles. The van der Waals surface area contributed by atoms with E-state index in [1.807, 2.05) is 0 Å². The number of terminal acetylenes is 1. The molecule has 0 heterocycles. The van der Waals surface area contributed by atoms with Gasteiger partial charge in [0.25, 0.3) is 0 Å². The van der Waals surface area contributed by atoms with Crippen molar-refractivity contribution in [1.29, 1.82) is 0 Å². The Morgan fingerprint density at radius 1 is 1.82 bits per heavy atom. The van der Waals surface area contributed by atoms with E-state index in [9.17, 15) is 4.79 Å². The van der Waals surface area contributed by atoms with E-state index in [-0.39, 0.29) is 12.5 Å². The number of hydrogen-bond acceptors (Lipinski definition) is 2. The molecule has 0 aromatic heterocycles. The number of halogens is 2. The molecule has 1 fully saturated rings. The summed E-state index contributed by atoms with van der Waals surface area (Å²) in [5.41, 5.74) is 0. The second kappa shape index (κ2) is 2.92. The molecule has 60 valence electrons. The smallest absolute Gasteiger partial charge is 0.313 e. The van der Waals surface area contributed by atoms with Gasteiger partial charge in [0.15, 0.2) is 6.61 Å². The molecule has 1 aliphatic carbocycles. The summed E-state index contributed by atoms with van der Waals surface area (Å²) in [4.78, 5) is 10.9. The molecule has 11 heavy (non-hydrogen) atoms. The van der Waals surface area contributed by atoms with Gasteiger partial charge in [0.2, 0.25) is 0 Å². The normalized spacial score (nSPS) is 25.4. The summed E-state index contributed by atoms with van der Waals surface area (Å²) in [5, 5.41) is 0. The van der Waals surface area contributed by atoms with Crippen LogP contribution in [0, 0.1) is 18.3 Å². The highest BCUT2D eigenvalue weighted by molar-refractivity contribution is 6.52. The van der Waals surface area contributed by atoms with Crippen molar-refractivity contribution >= 4 is 29.2 Å². The molecule has 0 saturated heterocycles. The number of rotatable bonds is 2. The van der Waals surface area contributed by atoms with Crippen molar-refractivity contribution in [2.75, 3.05) is 6.61 Å². The predicted molar refractivity (Wildman–Crippen MR) is 42.3 cm³/mol. The van der Waals surface area contributed by atoms with Crippen molar-refractivity contribution in [3.63, 3.8) is 0 Å². The summed E-state index contributed by atoms with van der Waals surface area (Å²) in [6.07, 6.45) is 5.33. The summed E-state index contributed by atoms with van der Waals surface area (Å²) in [7, 11) is 0. The average molecular weight is 193 g/mol. The van der Waals surface area contributed by atoms with Gasteiger partial charge in [-0.1, -0.05) is 5.92 Å². The summed E-state index contributed by atoms with van der Waals surface area (Å²) >= 11 is 11.2. The summed E-state index contributed by atoms with van der Waals surface area (Å²) in [5.74, 6) is 1.38. The van der Waals surface area contributed by atoms with Crippen molar-refractivity contribution in [3.05, 3.63) is 0 Å². The van der Waals surface area contributed by atoms with Crippen LogP contribution in [0.1, 0.15) is 6.42 Å². The van der Waals surface area contributed by atoms with Crippen LogP contribution in [-0.2, 0) is 9.53 Å². The molecule has 4 heteroatoms. The van der Waals surface area contributed by atoms with Crippen LogP contribution in [0.15, 0.2) is 0 Å². The summed E-state index contributed by atoms with van der Waals surface area (Å²) < 4.78 is 3.70. The third kappa shape index (κ3) is 2.02. The molecule has 0 amide bonds. The quantitative estimate of drug-likeness (QED) is 0.376. The minimum Gasteiger partial charge on any atom is -0.452 e. The third-order valence-corrected chi connectivity index (χ3v) is 2.24. The first-order chi connectivity index (χ1) is 5.08. The van der Waals surface area contributed by atoms with Crippen molar-refractivity contribution in [2.24, 2.45) is 5.92 Å². The second-order valence-electron chi connectivity index (χ2n) is 2.33. The van der Waals surface area contributed by atoms with Gasteiger partial charge < -0.3 is 4.74 Å². The molecule has 0 bridgehead atoms. The van der Waals surface area contributed by atoms with E-state index in [0.29, 0.717) is 6.42 Å². The molecular formula is C7H6Cl2O2. The Hall–Kier alpha value is -0.390. The van der Waals surface area contributed by atoms with Crippen LogP contribution >= 0.6 is 23.2 Å². The largest absolute Gasteiger partial charge is 0.452 e. The number of ether oxygens (including phenoxy) is 1. The van der Waals surface area contributed by atoms with Crippen LogP contribution in [0.2, 0.25) is 0 Å². The monoisotopic (exact) mass is 192 g/mol. The third-order valence-electron chi connectivity index (χ3n) is 1.41. The van der Waals surface area contributed by atoms with Crippen molar-refractivity contribution in [3.8, 4) is 12.3 Å². The van der Waals surface area contributed by atoms with Crippen LogP contribution in [0.5, 0.6) is 0 Å². The van der Waals surface area contributed by atoms with Gasteiger partial charge in [-0.25, -0.2) is 0 Å². The molecule has 0 radical (unpaired) electrons. The minimum atomic E-state index is -0.911. The van der Waals surface area contributed by atoms with Crippen LogP contribution < -0.4 is 0 Å². The van der Waals surface area contributed by atoms with E-state index < -0.39 is 10.3 Å². The zero-order chi connectivity index (χ0) is 8.48. The lowest BCUT2D eigenvalue weighted by Crippen LogP contribution is -2.10. The van der Waals surface area contributed by atoms with E-state index in [1.54, 1.807) is 0 Å².